The van der Waals surface area contributed by atoms with E-state index >= 15 is 0 Å². The van der Waals surface area contributed by atoms with Gasteiger partial charge in [0.2, 0.25) is 5.89 Å². The molecule has 3 heteroatoms. The zero-order valence-electron chi connectivity index (χ0n) is 10.3. The van der Waals surface area contributed by atoms with Crippen LogP contribution in [0.25, 0.3) is 6.08 Å². The average Bonchev–Trinajstić information content (AvgIpc) is 3.09. The minimum absolute atomic E-state index is 0.0635. The largest absolute Gasteiger partial charge is 0.335 e. The molecular weight excluding hydrogens is 224 g/mol. The molecule has 1 saturated carbocycles. The van der Waals surface area contributed by atoms with E-state index in [4.69, 9.17) is 4.52 Å². The fraction of sp³-hybridized carbons (Fsp3) is 0.333. The molecule has 1 heterocycles. The molecule has 1 aliphatic rings. The smallest absolute Gasteiger partial charge is 0.250 e. The average molecular weight is 240 g/mol. The molecule has 92 valence electrons. The Balaban J connectivity index is 2.09. The summed E-state index contributed by atoms with van der Waals surface area (Å²) in [5, 5.41) is 4.16. The van der Waals surface area contributed by atoms with E-state index in [1.807, 2.05) is 6.07 Å². The van der Waals surface area contributed by atoms with E-state index in [-0.39, 0.29) is 5.41 Å². The molecule has 18 heavy (non-hydrogen) atoms. The Kier molecular flexibility index (Phi) is 2.74. The molecule has 0 N–H and O–H groups in total. The van der Waals surface area contributed by atoms with Gasteiger partial charge in [-0.3, -0.25) is 0 Å². The molecular formula is C15H16N2O. The number of aromatic nitrogens is 2. The van der Waals surface area contributed by atoms with E-state index in [0.717, 1.165) is 18.7 Å². The van der Waals surface area contributed by atoms with Crippen molar-refractivity contribution in [3.63, 3.8) is 0 Å². The van der Waals surface area contributed by atoms with Crippen LogP contribution in [0.2, 0.25) is 0 Å². The SMILES string of the molecule is C=Cc1nc(C2(c3ccccc3)CCCC2)no1. The summed E-state index contributed by atoms with van der Waals surface area (Å²) in [5.74, 6) is 1.31. The standard InChI is InChI=1S/C15H16N2O/c1-2-13-16-14(17-18-13)15(10-6-7-11-15)12-8-4-3-5-9-12/h2-5,8-9H,1,6-7,10-11H2. The van der Waals surface area contributed by atoms with E-state index < -0.39 is 0 Å². The van der Waals surface area contributed by atoms with Crippen LogP contribution in [0.15, 0.2) is 41.4 Å². The van der Waals surface area contributed by atoms with Crippen LogP contribution >= 0.6 is 0 Å². The van der Waals surface area contributed by atoms with Gasteiger partial charge in [-0.05, 0) is 24.5 Å². The second kappa shape index (κ2) is 4.41. The highest BCUT2D eigenvalue weighted by Gasteiger charge is 2.41. The molecule has 0 amide bonds. The lowest BCUT2D eigenvalue weighted by Crippen LogP contribution is -2.25. The maximum absolute atomic E-state index is 5.19. The Hall–Kier alpha value is -1.90. The summed E-state index contributed by atoms with van der Waals surface area (Å²) in [4.78, 5) is 4.46. The summed E-state index contributed by atoms with van der Waals surface area (Å²) < 4.78 is 5.19. The van der Waals surface area contributed by atoms with Gasteiger partial charge in [-0.2, -0.15) is 4.98 Å². The van der Waals surface area contributed by atoms with Gasteiger partial charge < -0.3 is 4.52 Å². The third-order valence-electron chi connectivity index (χ3n) is 3.83. The molecule has 0 spiro atoms. The predicted molar refractivity (Wildman–Crippen MR) is 70.1 cm³/mol. The van der Waals surface area contributed by atoms with Crippen molar-refractivity contribution in [3.05, 3.63) is 54.2 Å². The topological polar surface area (TPSA) is 38.9 Å². The van der Waals surface area contributed by atoms with Crippen molar-refractivity contribution in [2.45, 2.75) is 31.1 Å². The van der Waals surface area contributed by atoms with Gasteiger partial charge in [-0.25, -0.2) is 0 Å². The van der Waals surface area contributed by atoms with E-state index in [2.05, 4.69) is 41.0 Å². The minimum Gasteiger partial charge on any atom is -0.335 e. The zero-order valence-corrected chi connectivity index (χ0v) is 10.3. The molecule has 1 aromatic heterocycles. The second-order valence-corrected chi connectivity index (χ2v) is 4.82. The molecule has 0 radical (unpaired) electrons. The summed E-state index contributed by atoms with van der Waals surface area (Å²) in [6.07, 6.45) is 6.21. The van der Waals surface area contributed by atoms with Crippen LogP contribution in [0.1, 0.15) is 43.0 Å². The van der Waals surface area contributed by atoms with E-state index in [9.17, 15) is 0 Å². The van der Waals surface area contributed by atoms with Crippen molar-refractivity contribution in [3.8, 4) is 0 Å². The van der Waals surface area contributed by atoms with Crippen LogP contribution in [0, 0.1) is 0 Å². The minimum atomic E-state index is -0.0635. The summed E-state index contributed by atoms with van der Waals surface area (Å²) in [7, 11) is 0. The van der Waals surface area contributed by atoms with Gasteiger partial charge in [-0.15, -0.1) is 0 Å². The van der Waals surface area contributed by atoms with Crippen LogP contribution in [0.3, 0.4) is 0 Å². The van der Waals surface area contributed by atoms with Gasteiger partial charge in [0.25, 0.3) is 0 Å². The maximum atomic E-state index is 5.19. The quantitative estimate of drug-likeness (QED) is 0.823. The maximum Gasteiger partial charge on any atom is 0.250 e. The van der Waals surface area contributed by atoms with E-state index in [1.165, 1.54) is 18.4 Å². The molecule has 0 bridgehead atoms. The fourth-order valence-corrected chi connectivity index (χ4v) is 2.89. The first-order chi connectivity index (χ1) is 8.85. The van der Waals surface area contributed by atoms with Crippen molar-refractivity contribution in [1.29, 1.82) is 0 Å². The first-order valence-corrected chi connectivity index (χ1v) is 6.37. The van der Waals surface area contributed by atoms with Crippen molar-refractivity contribution >= 4 is 6.08 Å². The van der Waals surface area contributed by atoms with Crippen molar-refractivity contribution in [1.82, 2.24) is 10.1 Å². The second-order valence-electron chi connectivity index (χ2n) is 4.82. The van der Waals surface area contributed by atoms with Gasteiger partial charge in [-0.1, -0.05) is 54.9 Å². The number of benzene rings is 1. The summed E-state index contributed by atoms with van der Waals surface area (Å²) >= 11 is 0. The molecule has 0 aliphatic heterocycles. The molecule has 0 saturated heterocycles. The molecule has 3 rings (SSSR count). The van der Waals surface area contributed by atoms with Gasteiger partial charge in [0, 0.05) is 0 Å². The third-order valence-corrected chi connectivity index (χ3v) is 3.83. The highest BCUT2D eigenvalue weighted by Crippen LogP contribution is 2.44. The molecule has 1 aromatic carbocycles. The first kappa shape index (κ1) is 11.2. The highest BCUT2D eigenvalue weighted by molar-refractivity contribution is 5.37. The molecule has 1 aliphatic carbocycles. The lowest BCUT2D eigenvalue weighted by Gasteiger charge is -2.25. The van der Waals surface area contributed by atoms with Crippen LogP contribution in [0.5, 0.6) is 0 Å². The Morgan fingerprint density at radius 2 is 1.89 bits per heavy atom. The number of hydrogen-bond donors (Lipinski definition) is 0. The van der Waals surface area contributed by atoms with E-state index in [1.54, 1.807) is 6.08 Å². The molecule has 0 unspecified atom stereocenters. The Labute approximate surface area is 107 Å². The van der Waals surface area contributed by atoms with E-state index in [0.29, 0.717) is 5.89 Å². The van der Waals surface area contributed by atoms with Crippen LogP contribution in [0.4, 0.5) is 0 Å². The molecule has 0 atom stereocenters. The van der Waals surface area contributed by atoms with Crippen LogP contribution in [-0.2, 0) is 5.41 Å². The normalized spacial score (nSPS) is 17.8. The van der Waals surface area contributed by atoms with Crippen LogP contribution in [-0.4, -0.2) is 10.1 Å². The first-order valence-electron chi connectivity index (χ1n) is 6.37. The van der Waals surface area contributed by atoms with Gasteiger partial charge >= 0.3 is 0 Å². The summed E-state index contributed by atoms with van der Waals surface area (Å²) in [6.45, 7) is 3.67. The zero-order chi connectivity index (χ0) is 12.4. The third kappa shape index (κ3) is 1.67. The number of rotatable bonds is 3. The molecule has 3 nitrogen and oxygen atoms in total. The lowest BCUT2D eigenvalue weighted by molar-refractivity contribution is 0.382. The fourth-order valence-electron chi connectivity index (χ4n) is 2.89. The van der Waals surface area contributed by atoms with Gasteiger partial charge in [0.05, 0.1) is 5.41 Å². The summed E-state index contributed by atoms with van der Waals surface area (Å²) in [5.41, 5.74) is 1.23. The number of nitrogens with zero attached hydrogens (tertiary/aromatic N) is 2. The monoisotopic (exact) mass is 240 g/mol. The lowest BCUT2D eigenvalue weighted by atomic mass is 9.78. The highest BCUT2D eigenvalue weighted by atomic mass is 16.5. The summed E-state index contributed by atoms with van der Waals surface area (Å²) in [6, 6.07) is 10.5. The Morgan fingerprint density at radius 3 is 2.50 bits per heavy atom. The number of hydrogen-bond acceptors (Lipinski definition) is 3. The van der Waals surface area contributed by atoms with Crippen molar-refractivity contribution in [2.75, 3.05) is 0 Å². The van der Waals surface area contributed by atoms with Crippen molar-refractivity contribution < 1.29 is 4.52 Å². The molecule has 2 aromatic rings. The molecule has 1 fully saturated rings. The predicted octanol–water partition coefficient (Wildman–Crippen LogP) is 3.57. The Morgan fingerprint density at radius 1 is 1.17 bits per heavy atom. The van der Waals surface area contributed by atoms with Crippen molar-refractivity contribution in [2.24, 2.45) is 0 Å². The van der Waals surface area contributed by atoms with Gasteiger partial charge in [0.15, 0.2) is 5.82 Å². The van der Waals surface area contributed by atoms with Crippen LogP contribution < -0.4 is 0 Å². The Bertz CT molecular complexity index is 539. The van der Waals surface area contributed by atoms with Gasteiger partial charge in [0.1, 0.15) is 0 Å².